The van der Waals surface area contributed by atoms with Gasteiger partial charge in [0.2, 0.25) is 0 Å². The van der Waals surface area contributed by atoms with Crippen LogP contribution in [-0.2, 0) is 9.59 Å². The molecule has 0 unspecified atom stereocenters. The Morgan fingerprint density at radius 2 is 0.490 bits per heavy atom. The Morgan fingerprint density at radius 1 is 0.327 bits per heavy atom. The maximum Gasteiger partial charge on any atom is 0.303 e. The highest BCUT2D eigenvalue weighted by atomic mass is 16.4. The summed E-state index contributed by atoms with van der Waals surface area (Å²) in [6.45, 7) is 2.92. The number of carboxylic acids is 2. The Balaban J connectivity index is -0.000000695. The van der Waals surface area contributed by atoms with E-state index in [9.17, 15) is 9.59 Å². The molecule has 0 amide bonds. The Morgan fingerprint density at radius 3 is 0.612 bits per heavy atom. The number of hydrogen-bond acceptors (Lipinski definition) is 6. The van der Waals surface area contributed by atoms with E-state index in [1.54, 1.807) is 0 Å². The van der Waals surface area contributed by atoms with E-state index in [1.807, 2.05) is 0 Å². The first-order valence-corrected chi connectivity index (χ1v) is 20.7. The zero-order chi connectivity index (χ0) is 37.1. The van der Waals surface area contributed by atoms with Gasteiger partial charge in [0.25, 0.3) is 0 Å². The third-order valence-corrected chi connectivity index (χ3v) is 9.33. The van der Waals surface area contributed by atoms with Crippen molar-refractivity contribution >= 4 is 11.9 Å². The van der Waals surface area contributed by atoms with Crippen LogP contribution in [0.4, 0.5) is 0 Å². The molecule has 0 bridgehead atoms. The lowest BCUT2D eigenvalue weighted by Crippen LogP contribution is -2.37. The van der Waals surface area contributed by atoms with Gasteiger partial charge in [-0.1, -0.05) is 194 Å². The first-order valence-electron chi connectivity index (χ1n) is 20.7. The van der Waals surface area contributed by atoms with Crippen LogP contribution in [-0.4, -0.2) is 69.0 Å². The van der Waals surface area contributed by atoms with E-state index in [4.69, 9.17) is 30.6 Å². The second-order valence-corrected chi connectivity index (χ2v) is 14.3. The van der Waals surface area contributed by atoms with Crippen LogP contribution < -0.4 is 0 Å². The molecule has 0 heterocycles. The normalized spacial score (nSPS) is 11.1. The zero-order valence-electron chi connectivity index (χ0n) is 32.5. The van der Waals surface area contributed by atoms with E-state index >= 15 is 0 Å². The van der Waals surface area contributed by atoms with Crippen molar-refractivity contribution in [1.29, 1.82) is 0 Å². The molecule has 0 aromatic heterocycles. The molecule has 0 atom stereocenters. The fraction of sp³-hybridized carbons (Fsp3) is 0.951. The molecule has 6 N–H and O–H groups in total. The van der Waals surface area contributed by atoms with Gasteiger partial charge in [-0.15, -0.1) is 0 Å². The smallest absolute Gasteiger partial charge is 0.303 e. The minimum absolute atomic E-state index is 0.345. The molecule has 0 aliphatic carbocycles. The molecular weight excluding hydrogens is 620 g/mol. The summed E-state index contributed by atoms with van der Waals surface area (Å²) in [7, 11) is 0. The monoisotopic (exact) mass is 705 g/mol. The average Bonchev–Trinajstić information content (AvgIpc) is 3.10. The van der Waals surface area contributed by atoms with Crippen molar-refractivity contribution in [3.63, 3.8) is 0 Å². The first kappa shape index (κ1) is 52.1. The summed E-state index contributed by atoms with van der Waals surface area (Å²) in [5.41, 5.74) is -1.11. The van der Waals surface area contributed by atoms with Gasteiger partial charge in [-0.2, -0.15) is 0 Å². The summed E-state index contributed by atoms with van der Waals surface area (Å²) in [6, 6.07) is 0. The molecule has 0 aromatic rings. The van der Waals surface area contributed by atoms with Gasteiger partial charge in [0.1, 0.15) is 0 Å². The summed E-state index contributed by atoms with van der Waals surface area (Å²) in [5.74, 6) is -1.31. The van der Waals surface area contributed by atoms with Gasteiger partial charge in [-0.3, -0.25) is 9.59 Å². The standard InChI is InChI=1S/2C18H36O2.C5H12O4/c2*1-2-3-4-5-6-7-8-9-10-11-12-13-14-15-16-17-18(19)20;6-1-5(2-7,3-8)4-9/h2*2-17H2,1H3,(H,19,20);6-9H,1-4H2. The number of unbranched alkanes of at least 4 members (excludes halogenated alkanes) is 28. The first-order chi connectivity index (χ1) is 23.8. The minimum atomic E-state index is -1.11. The van der Waals surface area contributed by atoms with Crippen LogP contribution in [0.15, 0.2) is 0 Å². The number of carbonyl (C=O) groups is 2. The molecule has 0 spiro atoms. The van der Waals surface area contributed by atoms with Gasteiger partial charge in [0, 0.05) is 12.8 Å². The summed E-state index contributed by atoms with van der Waals surface area (Å²) < 4.78 is 0. The minimum Gasteiger partial charge on any atom is -0.481 e. The van der Waals surface area contributed by atoms with Crippen molar-refractivity contribution in [3.8, 4) is 0 Å². The second-order valence-electron chi connectivity index (χ2n) is 14.3. The summed E-state index contributed by atoms with van der Waals surface area (Å²) >= 11 is 0. The van der Waals surface area contributed by atoms with E-state index < -0.39 is 43.8 Å². The molecule has 0 aliphatic rings. The summed E-state index contributed by atoms with van der Waals surface area (Å²) in [6.07, 6.45) is 40.4. The molecular formula is C41H84O8. The van der Waals surface area contributed by atoms with Crippen molar-refractivity contribution in [1.82, 2.24) is 0 Å². The molecule has 0 saturated heterocycles. The number of carboxylic acid groups (broad SMARTS) is 2. The largest absolute Gasteiger partial charge is 0.481 e. The molecule has 0 aliphatic heterocycles. The van der Waals surface area contributed by atoms with Crippen LogP contribution in [0.2, 0.25) is 0 Å². The fourth-order valence-corrected chi connectivity index (χ4v) is 5.60. The average molecular weight is 705 g/mol. The third-order valence-electron chi connectivity index (χ3n) is 9.33. The van der Waals surface area contributed by atoms with E-state index in [0.717, 1.165) is 25.7 Å². The number of aliphatic hydroxyl groups excluding tert-OH is 4. The molecule has 8 nitrogen and oxygen atoms in total. The lowest BCUT2D eigenvalue weighted by molar-refractivity contribution is -0.138. The maximum absolute atomic E-state index is 10.3. The molecule has 49 heavy (non-hydrogen) atoms. The molecule has 8 heteroatoms. The number of rotatable bonds is 36. The van der Waals surface area contributed by atoms with E-state index in [-0.39, 0.29) is 0 Å². The third kappa shape index (κ3) is 46.8. The molecule has 0 radical (unpaired) electrons. The van der Waals surface area contributed by atoms with E-state index in [2.05, 4.69) is 13.8 Å². The Labute approximate surface area is 302 Å². The Hall–Kier alpha value is -1.22. The van der Waals surface area contributed by atoms with Crippen LogP contribution in [0.5, 0.6) is 0 Å². The second kappa shape index (κ2) is 44.8. The van der Waals surface area contributed by atoms with Crippen LogP contribution >= 0.6 is 0 Å². The molecule has 296 valence electrons. The van der Waals surface area contributed by atoms with Crippen molar-refractivity contribution < 1.29 is 40.2 Å². The predicted molar refractivity (Wildman–Crippen MR) is 205 cm³/mol. The highest BCUT2D eigenvalue weighted by Gasteiger charge is 2.26. The molecule has 0 rings (SSSR count). The molecule has 0 fully saturated rings. The maximum atomic E-state index is 10.3. The van der Waals surface area contributed by atoms with Crippen molar-refractivity contribution in [2.45, 2.75) is 219 Å². The van der Waals surface area contributed by atoms with Gasteiger partial charge in [-0.25, -0.2) is 0 Å². The Kier molecular flexibility index (Phi) is 47.7. The predicted octanol–water partition coefficient (Wildman–Crippen LogP) is 10.6. The zero-order valence-corrected chi connectivity index (χ0v) is 32.5. The van der Waals surface area contributed by atoms with Crippen LogP contribution in [0, 0.1) is 5.41 Å². The SMILES string of the molecule is CCCCCCCCCCCCCCCCCC(=O)O.CCCCCCCCCCCCCCCCCC(=O)O.OCC(CO)(CO)CO. The van der Waals surface area contributed by atoms with Crippen molar-refractivity contribution in [2.24, 2.45) is 5.41 Å². The highest BCUT2D eigenvalue weighted by molar-refractivity contribution is 5.66. The lowest BCUT2D eigenvalue weighted by Gasteiger charge is -2.23. The van der Waals surface area contributed by atoms with Gasteiger partial charge in [0.15, 0.2) is 0 Å². The van der Waals surface area contributed by atoms with E-state index in [1.165, 1.54) is 167 Å². The highest BCUT2D eigenvalue weighted by Crippen LogP contribution is 2.15. The van der Waals surface area contributed by atoms with Gasteiger partial charge in [-0.05, 0) is 12.8 Å². The number of hydrogen-bond donors (Lipinski definition) is 6. The van der Waals surface area contributed by atoms with Crippen molar-refractivity contribution in [2.75, 3.05) is 26.4 Å². The number of aliphatic hydroxyl groups is 4. The number of aliphatic carboxylic acids is 2. The van der Waals surface area contributed by atoms with Crippen LogP contribution in [0.3, 0.4) is 0 Å². The summed E-state index contributed by atoms with van der Waals surface area (Å²) in [5, 5.41) is 51.0. The fourth-order valence-electron chi connectivity index (χ4n) is 5.60. The van der Waals surface area contributed by atoms with E-state index in [0.29, 0.717) is 12.8 Å². The van der Waals surface area contributed by atoms with Gasteiger partial charge in [0.05, 0.1) is 31.8 Å². The topological polar surface area (TPSA) is 156 Å². The van der Waals surface area contributed by atoms with Crippen LogP contribution in [0.25, 0.3) is 0 Å². The quantitative estimate of drug-likeness (QED) is 0.0352. The molecule has 0 saturated carbocycles. The summed E-state index contributed by atoms with van der Waals surface area (Å²) in [4.78, 5) is 20.7. The van der Waals surface area contributed by atoms with Gasteiger partial charge >= 0.3 is 11.9 Å². The van der Waals surface area contributed by atoms with Gasteiger partial charge < -0.3 is 30.6 Å². The van der Waals surface area contributed by atoms with Crippen molar-refractivity contribution in [3.05, 3.63) is 0 Å². The molecule has 0 aromatic carbocycles. The van der Waals surface area contributed by atoms with Crippen LogP contribution in [0.1, 0.15) is 219 Å². The Bertz CT molecular complexity index is 577. The lowest BCUT2D eigenvalue weighted by atomic mass is 9.93.